The number of piperidine rings is 1. The zero-order chi connectivity index (χ0) is 16.7. The molecule has 0 bridgehead atoms. The van der Waals surface area contributed by atoms with Crippen molar-refractivity contribution in [3.05, 3.63) is 18.2 Å². The SMILES string of the molecule is CC(=O)N1CC2(CCN(C(=O)c3cnc[nH]3)CC2)CC1(C)CO. The van der Waals surface area contributed by atoms with Gasteiger partial charge in [-0.05, 0) is 31.6 Å². The van der Waals surface area contributed by atoms with Gasteiger partial charge in [-0.15, -0.1) is 0 Å². The van der Waals surface area contributed by atoms with Gasteiger partial charge in [-0.1, -0.05) is 0 Å². The molecule has 0 aliphatic carbocycles. The van der Waals surface area contributed by atoms with Crippen molar-refractivity contribution in [3.63, 3.8) is 0 Å². The van der Waals surface area contributed by atoms with Crippen LogP contribution in [0, 0.1) is 5.41 Å². The number of hydrogen-bond donors (Lipinski definition) is 2. The summed E-state index contributed by atoms with van der Waals surface area (Å²) in [5, 5.41) is 9.75. The third-order valence-corrected chi connectivity index (χ3v) is 5.46. The van der Waals surface area contributed by atoms with E-state index in [4.69, 9.17) is 0 Å². The molecule has 0 aromatic carbocycles. The highest BCUT2D eigenvalue weighted by atomic mass is 16.3. The minimum atomic E-state index is -0.485. The fourth-order valence-electron chi connectivity index (χ4n) is 4.18. The van der Waals surface area contributed by atoms with Crippen molar-refractivity contribution in [3.8, 4) is 0 Å². The lowest BCUT2D eigenvalue weighted by Crippen LogP contribution is -2.46. The van der Waals surface area contributed by atoms with Gasteiger partial charge in [0.25, 0.3) is 5.91 Å². The second-order valence-corrected chi connectivity index (χ2v) is 7.19. The normalized spacial score (nSPS) is 26.7. The Morgan fingerprint density at radius 1 is 1.39 bits per heavy atom. The number of rotatable bonds is 2. The molecule has 7 nitrogen and oxygen atoms in total. The Kier molecular flexibility index (Phi) is 3.91. The van der Waals surface area contributed by atoms with Gasteiger partial charge in [0.1, 0.15) is 5.69 Å². The number of likely N-dealkylation sites (tertiary alicyclic amines) is 2. The van der Waals surface area contributed by atoms with Crippen LogP contribution < -0.4 is 0 Å². The maximum absolute atomic E-state index is 12.4. The van der Waals surface area contributed by atoms with Crippen molar-refractivity contribution in [2.24, 2.45) is 5.41 Å². The Labute approximate surface area is 135 Å². The van der Waals surface area contributed by atoms with Crippen LogP contribution in [0.1, 0.15) is 43.6 Å². The first-order valence-corrected chi connectivity index (χ1v) is 8.06. The summed E-state index contributed by atoms with van der Waals surface area (Å²) in [4.78, 5) is 34.7. The quantitative estimate of drug-likeness (QED) is 0.836. The van der Waals surface area contributed by atoms with Gasteiger partial charge in [-0.3, -0.25) is 9.59 Å². The van der Waals surface area contributed by atoms with Crippen LogP contribution in [0.3, 0.4) is 0 Å². The highest BCUT2D eigenvalue weighted by molar-refractivity contribution is 5.92. The number of carbonyl (C=O) groups is 2. The largest absolute Gasteiger partial charge is 0.394 e. The number of amides is 2. The lowest BCUT2D eigenvalue weighted by atomic mass is 9.74. The Balaban J connectivity index is 1.69. The minimum Gasteiger partial charge on any atom is -0.394 e. The maximum atomic E-state index is 12.4. The van der Waals surface area contributed by atoms with Crippen LogP contribution in [0.4, 0.5) is 0 Å². The molecular weight excluding hydrogens is 296 g/mol. The van der Waals surface area contributed by atoms with E-state index < -0.39 is 5.54 Å². The van der Waals surface area contributed by atoms with Crippen molar-refractivity contribution in [1.29, 1.82) is 0 Å². The molecule has 2 N–H and O–H groups in total. The average Bonchev–Trinajstić information content (AvgIpc) is 3.15. The molecule has 2 aliphatic heterocycles. The fraction of sp³-hybridized carbons (Fsp3) is 0.688. The van der Waals surface area contributed by atoms with Crippen LogP contribution in [0.15, 0.2) is 12.5 Å². The molecule has 126 valence electrons. The number of aliphatic hydroxyl groups is 1. The minimum absolute atomic E-state index is 0.00785. The summed E-state index contributed by atoms with van der Waals surface area (Å²) >= 11 is 0. The molecule has 0 radical (unpaired) electrons. The molecule has 3 heterocycles. The highest BCUT2D eigenvalue weighted by Crippen LogP contribution is 2.48. The molecular formula is C16H24N4O3. The Bertz CT molecular complexity index is 592. The van der Waals surface area contributed by atoms with Crippen molar-refractivity contribution in [2.45, 2.75) is 38.6 Å². The molecule has 3 rings (SSSR count). The molecule has 1 aromatic rings. The van der Waals surface area contributed by atoms with E-state index in [9.17, 15) is 14.7 Å². The van der Waals surface area contributed by atoms with Crippen molar-refractivity contribution < 1.29 is 14.7 Å². The second-order valence-electron chi connectivity index (χ2n) is 7.19. The zero-order valence-electron chi connectivity index (χ0n) is 13.7. The first-order valence-electron chi connectivity index (χ1n) is 8.06. The molecule has 23 heavy (non-hydrogen) atoms. The molecule has 0 saturated carbocycles. The standard InChI is InChI=1S/C16H24N4O3/c1-12(22)20-9-16(8-15(20,2)10-21)3-5-19(6-4-16)14(23)13-7-17-11-18-13/h7,11,21H,3-6,8-10H2,1-2H3,(H,17,18). The van der Waals surface area contributed by atoms with E-state index in [-0.39, 0.29) is 23.8 Å². The van der Waals surface area contributed by atoms with E-state index in [2.05, 4.69) is 9.97 Å². The number of H-pyrrole nitrogens is 1. The van der Waals surface area contributed by atoms with E-state index in [1.807, 2.05) is 11.8 Å². The molecule has 1 aromatic heterocycles. The Morgan fingerprint density at radius 2 is 2.09 bits per heavy atom. The van der Waals surface area contributed by atoms with Crippen molar-refractivity contribution >= 4 is 11.8 Å². The van der Waals surface area contributed by atoms with Crippen molar-refractivity contribution in [2.75, 3.05) is 26.2 Å². The molecule has 2 aliphatic rings. The van der Waals surface area contributed by atoms with Gasteiger partial charge in [-0.2, -0.15) is 0 Å². The summed E-state index contributed by atoms with van der Waals surface area (Å²) in [7, 11) is 0. The Morgan fingerprint density at radius 3 is 2.57 bits per heavy atom. The summed E-state index contributed by atoms with van der Waals surface area (Å²) in [6.45, 7) is 5.50. The average molecular weight is 320 g/mol. The van der Waals surface area contributed by atoms with Gasteiger partial charge in [0.05, 0.1) is 24.7 Å². The van der Waals surface area contributed by atoms with Crippen LogP contribution in [-0.2, 0) is 4.79 Å². The van der Waals surface area contributed by atoms with Crippen LogP contribution in [0.5, 0.6) is 0 Å². The summed E-state index contributed by atoms with van der Waals surface area (Å²) in [6, 6.07) is 0. The fourth-order valence-corrected chi connectivity index (χ4v) is 4.18. The van der Waals surface area contributed by atoms with Gasteiger partial charge in [0.2, 0.25) is 5.91 Å². The first-order chi connectivity index (χ1) is 10.9. The van der Waals surface area contributed by atoms with Crippen LogP contribution in [0.25, 0.3) is 0 Å². The zero-order valence-corrected chi connectivity index (χ0v) is 13.7. The van der Waals surface area contributed by atoms with Gasteiger partial charge >= 0.3 is 0 Å². The lowest BCUT2D eigenvalue weighted by molar-refractivity contribution is -0.134. The lowest BCUT2D eigenvalue weighted by Gasteiger charge is -2.39. The Hall–Kier alpha value is -1.89. The summed E-state index contributed by atoms with van der Waals surface area (Å²) < 4.78 is 0. The van der Waals surface area contributed by atoms with Gasteiger partial charge in [0, 0.05) is 26.6 Å². The van der Waals surface area contributed by atoms with Crippen LogP contribution >= 0.6 is 0 Å². The maximum Gasteiger partial charge on any atom is 0.271 e. The predicted octanol–water partition coefficient (Wildman–Crippen LogP) is 0.635. The number of aromatic amines is 1. The monoisotopic (exact) mass is 320 g/mol. The third kappa shape index (κ3) is 2.73. The number of hydrogen-bond acceptors (Lipinski definition) is 4. The first kappa shape index (κ1) is 16.0. The molecule has 2 fully saturated rings. The molecule has 1 atom stereocenters. The number of nitrogens with zero attached hydrogens (tertiary/aromatic N) is 3. The predicted molar refractivity (Wildman–Crippen MR) is 83.7 cm³/mol. The van der Waals surface area contributed by atoms with Crippen LogP contribution in [0.2, 0.25) is 0 Å². The summed E-state index contributed by atoms with van der Waals surface area (Å²) in [5.74, 6) is -0.0157. The number of nitrogens with one attached hydrogen (secondary N) is 1. The molecule has 2 saturated heterocycles. The van der Waals surface area contributed by atoms with E-state index >= 15 is 0 Å². The van der Waals surface area contributed by atoms with Gasteiger partial charge < -0.3 is 19.9 Å². The topological polar surface area (TPSA) is 89.5 Å². The molecule has 2 amide bonds. The van der Waals surface area contributed by atoms with E-state index in [0.717, 1.165) is 19.3 Å². The molecule has 1 spiro atoms. The van der Waals surface area contributed by atoms with E-state index in [0.29, 0.717) is 25.3 Å². The van der Waals surface area contributed by atoms with E-state index in [1.54, 1.807) is 18.0 Å². The van der Waals surface area contributed by atoms with Gasteiger partial charge in [0.15, 0.2) is 0 Å². The number of imidazole rings is 1. The van der Waals surface area contributed by atoms with Gasteiger partial charge in [-0.25, -0.2) is 4.98 Å². The number of carbonyl (C=O) groups excluding carboxylic acids is 2. The van der Waals surface area contributed by atoms with Crippen LogP contribution in [-0.4, -0.2) is 68.5 Å². The van der Waals surface area contributed by atoms with Crippen molar-refractivity contribution in [1.82, 2.24) is 19.8 Å². The second kappa shape index (κ2) is 5.63. The van der Waals surface area contributed by atoms with E-state index in [1.165, 1.54) is 6.33 Å². The smallest absolute Gasteiger partial charge is 0.271 e. The highest BCUT2D eigenvalue weighted by Gasteiger charge is 2.52. The number of aromatic nitrogens is 2. The molecule has 1 unspecified atom stereocenters. The molecule has 7 heteroatoms. The third-order valence-electron chi connectivity index (χ3n) is 5.46. The number of aliphatic hydroxyl groups excluding tert-OH is 1. The summed E-state index contributed by atoms with van der Waals surface area (Å²) in [5.41, 5.74) is 0.0351. The summed E-state index contributed by atoms with van der Waals surface area (Å²) in [6.07, 6.45) is 5.55.